The maximum atomic E-state index is 11.9. The molecule has 2 heterocycles. The lowest BCUT2D eigenvalue weighted by molar-refractivity contribution is -0.124. The Kier molecular flexibility index (Phi) is 3.93. The minimum absolute atomic E-state index is 0.0622. The van der Waals surface area contributed by atoms with Gasteiger partial charge in [-0.3, -0.25) is 4.79 Å². The van der Waals surface area contributed by atoms with Crippen LogP contribution in [0.15, 0.2) is 6.20 Å². The highest BCUT2D eigenvalue weighted by molar-refractivity contribution is 5.76. The fraction of sp³-hybridized carbons (Fsp3) is 0.727. The van der Waals surface area contributed by atoms with Gasteiger partial charge in [0.25, 0.3) is 0 Å². The summed E-state index contributed by atoms with van der Waals surface area (Å²) in [6, 6.07) is 0. The van der Waals surface area contributed by atoms with Gasteiger partial charge in [-0.1, -0.05) is 5.21 Å². The van der Waals surface area contributed by atoms with Crippen LogP contribution in [0.25, 0.3) is 0 Å². The van der Waals surface area contributed by atoms with Crippen LogP contribution < -0.4 is 11.1 Å². The molecule has 1 aliphatic rings. The zero-order valence-corrected chi connectivity index (χ0v) is 10.6. The minimum atomic E-state index is -0.174. The molecule has 2 rings (SSSR count). The molecule has 0 aromatic carbocycles. The number of nitrogens with two attached hydrogens (primary N) is 1. The molecule has 18 heavy (non-hydrogen) atoms. The Morgan fingerprint density at radius 3 is 2.94 bits per heavy atom. The van der Waals surface area contributed by atoms with Crippen molar-refractivity contribution >= 4 is 5.91 Å². The first-order chi connectivity index (χ1) is 8.61. The lowest BCUT2D eigenvalue weighted by atomic mass is 9.92. The molecule has 0 atom stereocenters. The molecule has 0 bridgehead atoms. The molecule has 1 saturated heterocycles. The van der Waals surface area contributed by atoms with Gasteiger partial charge in [0.1, 0.15) is 6.54 Å². The number of nitrogens with zero attached hydrogens (tertiary/aromatic N) is 3. The van der Waals surface area contributed by atoms with Crippen LogP contribution in [-0.4, -0.2) is 39.7 Å². The molecule has 0 unspecified atom stereocenters. The van der Waals surface area contributed by atoms with Crippen molar-refractivity contribution in [2.24, 2.45) is 5.73 Å². The maximum Gasteiger partial charge on any atom is 0.242 e. The third-order valence-electron chi connectivity index (χ3n) is 3.14. The topological polar surface area (TPSA) is 95.1 Å². The van der Waals surface area contributed by atoms with Crippen LogP contribution in [0, 0.1) is 0 Å². The number of hydrogen-bond donors (Lipinski definition) is 2. The lowest BCUT2D eigenvalue weighted by Crippen LogP contribution is -2.50. The molecule has 1 aromatic heterocycles. The van der Waals surface area contributed by atoms with Gasteiger partial charge in [-0.15, -0.1) is 5.10 Å². The normalized spacial score (nSPS) is 18.6. The summed E-state index contributed by atoms with van der Waals surface area (Å²) >= 11 is 0. The fourth-order valence-electron chi connectivity index (χ4n) is 1.98. The van der Waals surface area contributed by atoms with E-state index >= 15 is 0 Å². The highest BCUT2D eigenvalue weighted by atomic mass is 16.5. The summed E-state index contributed by atoms with van der Waals surface area (Å²) in [5, 5.41) is 10.7. The van der Waals surface area contributed by atoms with Gasteiger partial charge in [0.05, 0.1) is 11.9 Å². The number of amides is 1. The van der Waals surface area contributed by atoms with Crippen molar-refractivity contribution in [1.82, 2.24) is 20.3 Å². The second kappa shape index (κ2) is 5.45. The minimum Gasteiger partial charge on any atom is -0.381 e. The Morgan fingerprint density at radius 1 is 1.61 bits per heavy atom. The molecule has 7 heteroatoms. The average Bonchev–Trinajstić information content (AvgIpc) is 2.76. The quantitative estimate of drug-likeness (QED) is 0.748. The number of carbonyl (C=O) groups excluding carboxylic acids is 1. The van der Waals surface area contributed by atoms with Gasteiger partial charge in [0, 0.05) is 25.3 Å². The van der Waals surface area contributed by atoms with Crippen LogP contribution in [0.4, 0.5) is 0 Å². The molecule has 0 spiro atoms. The first-order valence-corrected chi connectivity index (χ1v) is 6.09. The van der Waals surface area contributed by atoms with Crippen molar-refractivity contribution in [1.29, 1.82) is 0 Å². The Hall–Kier alpha value is -1.47. The van der Waals surface area contributed by atoms with E-state index in [-0.39, 0.29) is 18.0 Å². The summed E-state index contributed by atoms with van der Waals surface area (Å²) in [5.74, 6) is -0.0622. The average molecular weight is 253 g/mol. The van der Waals surface area contributed by atoms with E-state index in [0.717, 1.165) is 12.8 Å². The van der Waals surface area contributed by atoms with E-state index in [0.29, 0.717) is 25.5 Å². The molecule has 1 amide bonds. The molecule has 100 valence electrons. The third kappa shape index (κ3) is 3.27. The van der Waals surface area contributed by atoms with Gasteiger partial charge in [-0.25, -0.2) is 4.68 Å². The molecule has 0 saturated carbocycles. The molecule has 0 radical (unpaired) electrons. The van der Waals surface area contributed by atoms with Crippen molar-refractivity contribution in [2.75, 3.05) is 13.2 Å². The van der Waals surface area contributed by atoms with Gasteiger partial charge in [-0.2, -0.15) is 0 Å². The summed E-state index contributed by atoms with van der Waals surface area (Å²) in [4.78, 5) is 11.9. The monoisotopic (exact) mass is 253 g/mol. The van der Waals surface area contributed by atoms with Crippen LogP contribution in [0.3, 0.4) is 0 Å². The number of rotatable bonds is 4. The van der Waals surface area contributed by atoms with Gasteiger partial charge >= 0.3 is 0 Å². The number of ether oxygens (including phenoxy) is 1. The van der Waals surface area contributed by atoms with Crippen LogP contribution in [0.2, 0.25) is 0 Å². The fourth-order valence-corrected chi connectivity index (χ4v) is 1.98. The smallest absolute Gasteiger partial charge is 0.242 e. The van der Waals surface area contributed by atoms with E-state index in [2.05, 4.69) is 15.6 Å². The summed E-state index contributed by atoms with van der Waals surface area (Å²) in [6.45, 7) is 3.93. The maximum absolute atomic E-state index is 11.9. The second-order valence-corrected chi connectivity index (χ2v) is 4.83. The number of carbonyl (C=O) groups is 1. The summed E-state index contributed by atoms with van der Waals surface area (Å²) < 4.78 is 6.79. The molecule has 1 fully saturated rings. The molecular formula is C11H19N5O2. The first kappa shape index (κ1) is 13.0. The third-order valence-corrected chi connectivity index (χ3v) is 3.14. The van der Waals surface area contributed by atoms with E-state index in [9.17, 15) is 4.79 Å². The Labute approximate surface area is 106 Å². The van der Waals surface area contributed by atoms with Crippen molar-refractivity contribution in [2.45, 2.75) is 38.4 Å². The zero-order valence-electron chi connectivity index (χ0n) is 10.6. The summed E-state index contributed by atoms with van der Waals surface area (Å²) in [5.41, 5.74) is 5.94. The van der Waals surface area contributed by atoms with Gasteiger partial charge in [0.2, 0.25) is 5.91 Å². The number of nitrogens with one attached hydrogen (secondary N) is 1. The number of hydrogen-bond acceptors (Lipinski definition) is 5. The molecule has 3 N–H and O–H groups in total. The molecule has 1 aromatic rings. The van der Waals surface area contributed by atoms with E-state index in [1.165, 1.54) is 4.68 Å². The van der Waals surface area contributed by atoms with Crippen molar-refractivity contribution in [3.63, 3.8) is 0 Å². The molecule has 0 aliphatic carbocycles. The van der Waals surface area contributed by atoms with Crippen LogP contribution in [-0.2, 0) is 22.6 Å². The van der Waals surface area contributed by atoms with E-state index in [1.54, 1.807) is 6.20 Å². The second-order valence-electron chi connectivity index (χ2n) is 4.83. The van der Waals surface area contributed by atoms with Crippen molar-refractivity contribution < 1.29 is 9.53 Å². The molecular weight excluding hydrogens is 234 g/mol. The Morgan fingerprint density at radius 2 is 2.33 bits per heavy atom. The highest BCUT2D eigenvalue weighted by Gasteiger charge is 2.28. The van der Waals surface area contributed by atoms with Crippen LogP contribution in [0.1, 0.15) is 25.5 Å². The summed E-state index contributed by atoms with van der Waals surface area (Å²) in [6.07, 6.45) is 3.36. The predicted octanol–water partition coefficient (Wildman–Crippen LogP) is -0.578. The zero-order chi connectivity index (χ0) is 13.0. The molecule has 7 nitrogen and oxygen atoms in total. The van der Waals surface area contributed by atoms with E-state index < -0.39 is 0 Å². The van der Waals surface area contributed by atoms with Gasteiger partial charge in [0.15, 0.2) is 0 Å². The van der Waals surface area contributed by atoms with Crippen molar-refractivity contribution in [3.8, 4) is 0 Å². The highest BCUT2D eigenvalue weighted by Crippen LogP contribution is 2.19. The predicted molar refractivity (Wildman–Crippen MR) is 64.5 cm³/mol. The van der Waals surface area contributed by atoms with Crippen molar-refractivity contribution in [3.05, 3.63) is 11.9 Å². The summed E-state index contributed by atoms with van der Waals surface area (Å²) in [7, 11) is 0. The van der Waals surface area contributed by atoms with Crippen LogP contribution in [0.5, 0.6) is 0 Å². The lowest BCUT2D eigenvalue weighted by Gasteiger charge is -2.34. The molecule has 1 aliphatic heterocycles. The van der Waals surface area contributed by atoms with Gasteiger partial charge < -0.3 is 15.8 Å². The Balaban J connectivity index is 1.87. The SMILES string of the molecule is CC1(NC(=O)Cn2cc(CN)nn2)CCOCC1. The van der Waals surface area contributed by atoms with Crippen LogP contribution >= 0.6 is 0 Å². The first-order valence-electron chi connectivity index (χ1n) is 6.09. The standard InChI is InChI=1S/C11H19N5O2/c1-11(2-4-18-5-3-11)13-10(17)8-16-7-9(6-12)14-15-16/h7H,2-6,8,12H2,1H3,(H,13,17). The van der Waals surface area contributed by atoms with E-state index in [1.807, 2.05) is 6.92 Å². The van der Waals surface area contributed by atoms with Gasteiger partial charge in [-0.05, 0) is 19.8 Å². The Bertz CT molecular complexity index is 411. The largest absolute Gasteiger partial charge is 0.381 e. The number of aromatic nitrogens is 3. The van der Waals surface area contributed by atoms with E-state index in [4.69, 9.17) is 10.5 Å².